The Morgan fingerprint density at radius 1 is 1.10 bits per heavy atom. The van der Waals surface area contributed by atoms with Crippen LogP contribution in [0.3, 0.4) is 0 Å². The Labute approximate surface area is 125 Å². The zero-order chi connectivity index (χ0) is 14.8. The van der Waals surface area contributed by atoms with Crippen LogP contribution in [-0.4, -0.2) is 16.0 Å². The minimum absolute atomic E-state index is 0.140. The summed E-state index contributed by atoms with van der Waals surface area (Å²) in [4.78, 5) is 16.9. The van der Waals surface area contributed by atoms with Gasteiger partial charge in [-0.05, 0) is 50.3 Å². The summed E-state index contributed by atoms with van der Waals surface area (Å²) in [5.41, 5.74) is 2.84. The Morgan fingerprint density at radius 3 is 2.57 bits per heavy atom. The summed E-state index contributed by atoms with van der Waals surface area (Å²) in [5.74, 6) is 0.803. The highest BCUT2D eigenvalue weighted by Crippen LogP contribution is 2.28. The monoisotopic (exact) mass is 287 g/mol. The zero-order valence-electron chi connectivity index (χ0n) is 12.9. The van der Waals surface area contributed by atoms with Crippen LogP contribution in [0.15, 0.2) is 23.0 Å². The van der Waals surface area contributed by atoms with Gasteiger partial charge < -0.3 is 15.3 Å². The quantitative estimate of drug-likeness (QED) is 0.806. The lowest BCUT2D eigenvalue weighted by Gasteiger charge is -2.30. The molecule has 21 heavy (non-hydrogen) atoms. The van der Waals surface area contributed by atoms with Crippen LogP contribution < -0.4 is 11.0 Å². The van der Waals surface area contributed by atoms with Crippen LogP contribution in [-0.2, 0) is 0 Å². The molecule has 3 rings (SSSR count). The molecule has 0 aliphatic heterocycles. The highest BCUT2D eigenvalue weighted by atomic mass is 16.1. The molecule has 4 nitrogen and oxygen atoms in total. The summed E-state index contributed by atoms with van der Waals surface area (Å²) in [6.45, 7) is 4.51. The zero-order valence-corrected chi connectivity index (χ0v) is 12.9. The van der Waals surface area contributed by atoms with Gasteiger partial charge >= 0.3 is 5.69 Å². The number of imidazole rings is 1. The lowest BCUT2D eigenvalue weighted by molar-refractivity contribution is 0.268. The van der Waals surface area contributed by atoms with Gasteiger partial charge in [-0.1, -0.05) is 25.3 Å². The molecule has 3 N–H and O–H groups in total. The molecule has 0 amide bonds. The maximum Gasteiger partial charge on any atom is 0.323 e. The Hall–Kier alpha value is -1.55. The average molecular weight is 287 g/mol. The van der Waals surface area contributed by atoms with Crippen molar-refractivity contribution in [2.75, 3.05) is 0 Å². The van der Waals surface area contributed by atoms with Gasteiger partial charge in [-0.15, -0.1) is 0 Å². The maximum atomic E-state index is 11.3. The van der Waals surface area contributed by atoms with Crippen molar-refractivity contribution in [3.63, 3.8) is 0 Å². The lowest BCUT2D eigenvalue weighted by atomic mass is 9.84. The molecule has 1 saturated carbocycles. The smallest absolute Gasteiger partial charge is 0.307 e. The van der Waals surface area contributed by atoms with Gasteiger partial charge in [0.1, 0.15) is 0 Å². The van der Waals surface area contributed by atoms with Crippen molar-refractivity contribution in [1.29, 1.82) is 0 Å². The number of rotatable bonds is 4. The number of hydrogen-bond acceptors (Lipinski definition) is 2. The van der Waals surface area contributed by atoms with Crippen LogP contribution >= 0.6 is 0 Å². The number of fused-ring (bicyclic) bond motifs is 1. The first-order chi connectivity index (χ1) is 10.1. The van der Waals surface area contributed by atoms with Gasteiger partial charge in [0, 0.05) is 12.1 Å². The van der Waals surface area contributed by atoms with Crippen molar-refractivity contribution in [2.24, 2.45) is 5.92 Å². The first kappa shape index (κ1) is 14.4. The fourth-order valence-electron chi connectivity index (χ4n) is 3.58. The average Bonchev–Trinajstić information content (AvgIpc) is 2.87. The standard InChI is InChI=1S/C17H25N3O/c1-11(13-6-4-3-5-7-13)18-12(2)14-8-9-15-16(10-14)20-17(21)19-15/h8-13,18H,3-7H2,1-2H3,(H2,19,20,21)/t11-,12?/m0/s1. The van der Waals surface area contributed by atoms with Crippen molar-refractivity contribution in [3.8, 4) is 0 Å². The fourth-order valence-corrected chi connectivity index (χ4v) is 3.58. The SMILES string of the molecule is CC(N[C@@H](C)C1CCCCC1)c1ccc2[nH]c(=O)[nH]c2c1. The second-order valence-electron chi connectivity index (χ2n) is 6.46. The van der Waals surface area contributed by atoms with E-state index in [0.29, 0.717) is 12.1 Å². The van der Waals surface area contributed by atoms with Gasteiger partial charge in [0.15, 0.2) is 0 Å². The van der Waals surface area contributed by atoms with Gasteiger partial charge in [0.05, 0.1) is 11.0 Å². The molecule has 0 bridgehead atoms. The highest BCUT2D eigenvalue weighted by molar-refractivity contribution is 5.75. The van der Waals surface area contributed by atoms with Crippen LogP contribution in [0.2, 0.25) is 0 Å². The van der Waals surface area contributed by atoms with Crippen molar-refractivity contribution in [1.82, 2.24) is 15.3 Å². The van der Waals surface area contributed by atoms with E-state index in [-0.39, 0.29) is 5.69 Å². The van der Waals surface area contributed by atoms with Gasteiger partial charge in [0.2, 0.25) is 0 Å². The maximum absolute atomic E-state index is 11.3. The third-order valence-corrected chi connectivity index (χ3v) is 4.91. The molecule has 1 heterocycles. The Morgan fingerprint density at radius 2 is 1.81 bits per heavy atom. The fraction of sp³-hybridized carbons (Fsp3) is 0.588. The first-order valence-electron chi connectivity index (χ1n) is 8.11. The number of nitrogens with one attached hydrogen (secondary N) is 3. The molecular formula is C17H25N3O. The van der Waals surface area contributed by atoms with Crippen molar-refractivity contribution < 1.29 is 0 Å². The molecule has 1 fully saturated rings. The largest absolute Gasteiger partial charge is 0.323 e. The molecule has 1 unspecified atom stereocenters. The molecular weight excluding hydrogens is 262 g/mol. The van der Waals surface area contributed by atoms with E-state index in [9.17, 15) is 4.79 Å². The van der Waals surface area contributed by atoms with Crippen LogP contribution in [0.25, 0.3) is 11.0 Å². The molecule has 2 atom stereocenters. The molecule has 1 aliphatic rings. The van der Waals surface area contributed by atoms with Crippen molar-refractivity contribution >= 4 is 11.0 Å². The van der Waals surface area contributed by atoms with Crippen LogP contribution in [0.4, 0.5) is 0 Å². The molecule has 0 spiro atoms. The van der Waals surface area contributed by atoms with Gasteiger partial charge in [-0.3, -0.25) is 0 Å². The molecule has 114 valence electrons. The summed E-state index contributed by atoms with van der Waals surface area (Å²) in [7, 11) is 0. The second kappa shape index (κ2) is 6.06. The molecule has 1 aromatic carbocycles. The molecule has 0 saturated heterocycles. The molecule has 4 heteroatoms. The first-order valence-corrected chi connectivity index (χ1v) is 8.11. The number of aromatic amines is 2. The summed E-state index contributed by atoms with van der Waals surface area (Å²) < 4.78 is 0. The number of hydrogen-bond donors (Lipinski definition) is 3. The highest BCUT2D eigenvalue weighted by Gasteiger charge is 2.21. The molecule has 0 radical (unpaired) electrons. The predicted molar refractivity (Wildman–Crippen MR) is 86.5 cm³/mol. The Bertz CT molecular complexity index is 651. The molecule has 1 aromatic heterocycles. The van der Waals surface area contributed by atoms with E-state index in [1.54, 1.807) is 0 Å². The van der Waals surface area contributed by atoms with E-state index < -0.39 is 0 Å². The van der Waals surface area contributed by atoms with Gasteiger partial charge in [-0.25, -0.2) is 4.79 Å². The third-order valence-electron chi connectivity index (χ3n) is 4.91. The van der Waals surface area contributed by atoms with Gasteiger partial charge in [-0.2, -0.15) is 0 Å². The summed E-state index contributed by atoms with van der Waals surface area (Å²) in [6.07, 6.45) is 6.86. The van der Waals surface area contributed by atoms with E-state index in [0.717, 1.165) is 17.0 Å². The predicted octanol–water partition coefficient (Wildman–Crippen LogP) is 3.48. The second-order valence-corrected chi connectivity index (χ2v) is 6.46. The topological polar surface area (TPSA) is 60.7 Å². The Kier molecular flexibility index (Phi) is 4.15. The van der Waals surface area contributed by atoms with E-state index >= 15 is 0 Å². The number of benzene rings is 1. The lowest BCUT2D eigenvalue weighted by Crippen LogP contribution is -2.36. The molecule has 1 aliphatic carbocycles. The van der Waals surface area contributed by atoms with E-state index in [2.05, 4.69) is 41.3 Å². The van der Waals surface area contributed by atoms with E-state index in [1.165, 1.54) is 37.7 Å². The normalized spacial score (nSPS) is 19.7. The van der Waals surface area contributed by atoms with Crippen LogP contribution in [0.5, 0.6) is 0 Å². The van der Waals surface area contributed by atoms with Crippen molar-refractivity contribution in [3.05, 3.63) is 34.2 Å². The minimum atomic E-state index is -0.140. The summed E-state index contributed by atoms with van der Waals surface area (Å²) >= 11 is 0. The number of aromatic nitrogens is 2. The summed E-state index contributed by atoms with van der Waals surface area (Å²) in [5, 5.41) is 3.74. The molecule has 2 aromatic rings. The minimum Gasteiger partial charge on any atom is -0.307 e. The third kappa shape index (κ3) is 3.21. The van der Waals surface area contributed by atoms with Crippen LogP contribution in [0.1, 0.15) is 57.6 Å². The number of H-pyrrole nitrogens is 2. The van der Waals surface area contributed by atoms with E-state index in [1.807, 2.05) is 6.07 Å². The van der Waals surface area contributed by atoms with Crippen LogP contribution in [0, 0.1) is 5.92 Å². The summed E-state index contributed by atoms with van der Waals surface area (Å²) in [6, 6.07) is 6.98. The van der Waals surface area contributed by atoms with Crippen molar-refractivity contribution in [2.45, 2.75) is 58.0 Å². The Balaban J connectivity index is 1.70. The van der Waals surface area contributed by atoms with E-state index in [4.69, 9.17) is 0 Å². The van der Waals surface area contributed by atoms with Gasteiger partial charge in [0.25, 0.3) is 0 Å².